The van der Waals surface area contributed by atoms with Crippen LogP contribution in [0.3, 0.4) is 0 Å². The zero-order valence-electron chi connectivity index (χ0n) is 17.1. The van der Waals surface area contributed by atoms with Gasteiger partial charge in [-0.3, -0.25) is 9.36 Å². The smallest absolute Gasteiger partial charge is 0.324 e. The van der Waals surface area contributed by atoms with E-state index in [1.54, 1.807) is 0 Å². The van der Waals surface area contributed by atoms with Gasteiger partial charge in [-0.05, 0) is 11.6 Å². The molecular formula is C21H16F7N5O. The van der Waals surface area contributed by atoms with Crippen LogP contribution in [0.2, 0.25) is 0 Å². The molecule has 180 valence electrons. The molecule has 0 bridgehead atoms. The molecule has 34 heavy (non-hydrogen) atoms. The lowest BCUT2D eigenvalue weighted by Gasteiger charge is -2.11. The summed E-state index contributed by atoms with van der Waals surface area (Å²) < 4.78 is 95.1. The normalized spacial score (nSPS) is 17.7. The van der Waals surface area contributed by atoms with Gasteiger partial charge in [0.2, 0.25) is 5.91 Å². The molecule has 0 aliphatic carbocycles. The highest BCUT2D eigenvalue weighted by molar-refractivity contribution is 5.92. The topological polar surface area (TPSA) is 71.8 Å². The Morgan fingerprint density at radius 2 is 2.00 bits per heavy atom. The minimum Gasteiger partial charge on any atom is -0.324 e. The summed E-state index contributed by atoms with van der Waals surface area (Å²) in [6.45, 7) is -0.490. The number of hydrogen-bond acceptors (Lipinski definition) is 4. The fraction of sp³-hybridized carbons (Fsp3) is 0.286. The van der Waals surface area contributed by atoms with Gasteiger partial charge in [0, 0.05) is 18.7 Å². The van der Waals surface area contributed by atoms with Gasteiger partial charge < -0.3 is 10.6 Å². The summed E-state index contributed by atoms with van der Waals surface area (Å²) in [6, 6.07) is 2.79. The van der Waals surface area contributed by atoms with E-state index in [2.05, 4.69) is 20.6 Å². The van der Waals surface area contributed by atoms with Crippen LogP contribution < -0.4 is 10.6 Å². The second-order valence-electron chi connectivity index (χ2n) is 7.73. The van der Waals surface area contributed by atoms with E-state index < -0.39 is 66.2 Å². The molecule has 1 aliphatic rings. The third-order valence-corrected chi connectivity index (χ3v) is 5.15. The van der Waals surface area contributed by atoms with Gasteiger partial charge in [-0.1, -0.05) is 12.1 Å². The molecule has 0 radical (unpaired) electrons. The lowest BCUT2D eigenvalue weighted by Crippen LogP contribution is -2.19. The average Bonchev–Trinajstić information content (AvgIpc) is 3.35. The van der Waals surface area contributed by atoms with Crippen molar-refractivity contribution in [3.63, 3.8) is 0 Å². The Morgan fingerprint density at radius 1 is 1.24 bits per heavy atom. The standard InChI is InChI=1S/C21H16F7N5O/c22-14-5-12(32-17(34)4-11-2-1-3-13(18(11)23)21(26,27)28)7-29-19(14)33-8-16(31-10-33)15-6-20(24,25)9-30-15/h1-3,5,7-8,10,15,30H,4,6,9H2,(H,32,34)/t15-/m0/s1. The van der Waals surface area contributed by atoms with E-state index in [1.165, 1.54) is 17.1 Å². The number of aromatic nitrogens is 3. The first kappa shape index (κ1) is 23.7. The van der Waals surface area contributed by atoms with Gasteiger partial charge in [-0.2, -0.15) is 13.2 Å². The first-order chi connectivity index (χ1) is 15.9. The van der Waals surface area contributed by atoms with Crippen molar-refractivity contribution in [1.82, 2.24) is 19.9 Å². The number of nitrogens with zero attached hydrogens (tertiary/aromatic N) is 3. The first-order valence-corrected chi connectivity index (χ1v) is 9.88. The maximum Gasteiger partial charge on any atom is 0.419 e. The lowest BCUT2D eigenvalue weighted by atomic mass is 10.1. The van der Waals surface area contributed by atoms with Crippen molar-refractivity contribution in [3.05, 3.63) is 71.4 Å². The highest BCUT2D eigenvalue weighted by Gasteiger charge is 2.40. The summed E-state index contributed by atoms with van der Waals surface area (Å²) in [7, 11) is 0. The van der Waals surface area contributed by atoms with Crippen molar-refractivity contribution in [1.29, 1.82) is 0 Å². The average molecular weight is 487 g/mol. The van der Waals surface area contributed by atoms with Crippen molar-refractivity contribution in [3.8, 4) is 5.82 Å². The number of carbonyl (C=O) groups is 1. The van der Waals surface area contributed by atoms with E-state index in [0.29, 0.717) is 6.07 Å². The lowest BCUT2D eigenvalue weighted by molar-refractivity contribution is -0.140. The van der Waals surface area contributed by atoms with E-state index in [-0.39, 0.29) is 17.2 Å². The summed E-state index contributed by atoms with van der Waals surface area (Å²) in [5.41, 5.74) is -1.81. The van der Waals surface area contributed by atoms with Crippen LogP contribution in [0.4, 0.5) is 36.4 Å². The number of carbonyl (C=O) groups excluding carboxylic acids is 1. The van der Waals surface area contributed by atoms with E-state index in [9.17, 15) is 35.5 Å². The van der Waals surface area contributed by atoms with Gasteiger partial charge >= 0.3 is 6.18 Å². The number of amides is 1. The summed E-state index contributed by atoms with van der Waals surface area (Å²) in [5, 5.41) is 4.88. The highest BCUT2D eigenvalue weighted by atomic mass is 19.4. The number of halogens is 7. The monoisotopic (exact) mass is 487 g/mol. The fourth-order valence-electron chi connectivity index (χ4n) is 3.56. The Morgan fingerprint density at radius 3 is 2.65 bits per heavy atom. The molecule has 3 heterocycles. The molecule has 0 saturated carbocycles. The molecule has 0 spiro atoms. The van der Waals surface area contributed by atoms with Gasteiger partial charge in [-0.25, -0.2) is 27.5 Å². The molecule has 1 saturated heterocycles. The molecule has 13 heteroatoms. The molecule has 1 aliphatic heterocycles. The third-order valence-electron chi connectivity index (χ3n) is 5.15. The van der Waals surface area contributed by atoms with Crippen LogP contribution in [0.15, 0.2) is 43.0 Å². The van der Waals surface area contributed by atoms with Gasteiger partial charge in [0.15, 0.2) is 11.6 Å². The Balaban J connectivity index is 1.45. The second kappa shape index (κ2) is 8.70. The molecular weight excluding hydrogens is 471 g/mol. The zero-order valence-corrected chi connectivity index (χ0v) is 17.1. The van der Waals surface area contributed by atoms with Crippen molar-refractivity contribution in [2.24, 2.45) is 0 Å². The first-order valence-electron chi connectivity index (χ1n) is 9.88. The molecule has 3 aromatic rings. The summed E-state index contributed by atoms with van der Waals surface area (Å²) in [6.07, 6.45) is -2.45. The minimum absolute atomic E-state index is 0.115. The van der Waals surface area contributed by atoms with Crippen molar-refractivity contribution in [2.75, 3.05) is 11.9 Å². The number of alkyl halides is 5. The van der Waals surface area contributed by atoms with Crippen molar-refractivity contribution < 1.29 is 35.5 Å². The number of nitrogens with one attached hydrogen (secondary N) is 2. The van der Waals surface area contributed by atoms with Gasteiger partial charge in [0.25, 0.3) is 5.92 Å². The molecule has 1 amide bonds. The van der Waals surface area contributed by atoms with E-state index in [1.807, 2.05) is 0 Å². The molecule has 2 aromatic heterocycles. The summed E-state index contributed by atoms with van der Waals surface area (Å²) in [4.78, 5) is 20.1. The van der Waals surface area contributed by atoms with Crippen LogP contribution in [-0.2, 0) is 17.4 Å². The van der Waals surface area contributed by atoms with Crippen LogP contribution in [0.1, 0.15) is 29.3 Å². The van der Waals surface area contributed by atoms with E-state index in [0.717, 1.165) is 24.4 Å². The van der Waals surface area contributed by atoms with E-state index >= 15 is 0 Å². The van der Waals surface area contributed by atoms with Gasteiger partial charge in [0.05, 0.1) is 42.1 Å². The molecule has 1 atom stereocenters. The maximum absolute atomic E-state index is 14.6. The zero-order chi connectivity index (χ0) is 24.7. The molecule has 1 aromatic carbocycles. The van der Waals surface area contributed by atoms with Crippen molar-refractivity contribution >= 4 is 11.6 Å². The van der Waals surface area contributed by atoms with E-state index in [4.69, 9.17) is 0 Å². The predicted molar refractivity (Wildman–Crippen MR) is 105 cm³/mol. The molecule has 6 nitrogen and oxygen atoms in total. The Bertz CT molecular complexity index is 1220. The van der Waals surface area contributed by atoms with Crippen molar-refractivity contribution in [2.45, 2.75) is 31.0 Å². The molecule has 4 rings (SSSR count). The number of benzene rings is 1. The second-order valence-corrected chi connectivity index (χ2v) is 7.73. The Labute approximate surface area is 187 Å². The number of imidazole rings is 1. The van der Waals surface area contributed by atoms with Crippen LogP contribution in [-0.4, -0.2) is 32.9 Å². The Hall–Kier alpha value is -3.48. The van der Waals surface area contributed by atoms with Crippen LogP contribution in [0.5, 0.6) is 0 Å². The predicted octanol–water partition coefficient (Wildman–Crippen LogP) is 4.42. The number of pyridine rings is 1. The fourth-order valence-corrected chi connectivity index (χ4v) is 3.56. The van der Waals surface area contributed by atoms with Gasteiger partial charge in [0.1, 0.15) is 12.1 Å². The molecule has 2 N–H and O–H groups in total. The molecule has 0 unspecified atom stereocenters. The highest BCUT2D eigenvalue weighted by Crippen LogP contribution is 2.34. The minimum atomic E-state index is -4.92. The maximum atomic E-state index is 14.6. The number of anilines is 1. The summed E-state index contributed by atoms with van der Waals surface area (Å²) >= 11 is 0. The number of hydrogen-bond donors (Lipinski definition) is 2. The van der Waals surface area contributed by atoms with Crippen LogP contribution in [0.25, 0.3) is 5.82 Å². The quantitative estimate of drug-likeness (QED) is 0.523. The SMILES string of the molecule is O=C(Cc1cccc(C(F)(F)F)c1F)Nc1cnc(-n2cnc([C@@H]3CC(F)(F)CN3)c2)c(F)c1. The largest absolute Gasteiger partial charge is 0.419 e. The van der Waals surface area contributed by atoms with Gasteiger partial charge in [-0.15, -0.1) is 0 Å². The molecule has 1 fully saturated rings. The van der Waals surface area contributed by atoms with Crippen LogP contribution >= 0.6 is 0 Å². The summed E-state index contributed by atoms with van der Waals surface area (Å²) in [5.74, 6) is -6.42. The Kier molecular flexibility index (Phi) is 6.06. The number of rotatable bonds is 5. The van der Waals surface area contributed by atoms with Crippen LogP contribution in [0, 0.1) is 11.6 Å². The third kappa shape index (κ3) is 5.03.